The summed E-state index contributed by atoms with van der Waals surface area (Å²) in [6, 6.07) is 98.4. The number of nitrogens with zero attached hydrogens (tertiary/aromatic N) is 2. The zero-order valence-corrected chi connectivity index (χ0v) is 42.7. The third-order valence-electron chi connectivity index (χ3n) is 15.3. The number of rotatable bonds is 8. The van der Waals surface area contributed by atoms with Crippen molar-refractivity contribution in [3.63, 3.8) is 0 Å². The van der Waals surface area contributed by atoms with Crippen molar-refractivity contribution in [3.8, 4) is 79.6 Å². The van der Waals surface area contributed by atoms with Gasteiger partial charge in [-0.25, -0.2) is 0 Å². The fraction of sp³-hybridized carbons (Fsp3) is 0.0137. The van der Waals surface area contributed by atoms with Crippen LogP contribution in [0.1, 0.15) is 7.43 Å². The SMILES string of the molecule is C.c1ccc(Oc2cccc(Oc3ccccc3-c3ccc(-n4c5ccccc5c5ccccc54)cc3)c2)cc1.c1ccc2c(c1)Oc1cccc3c1B2c1cccc(-c2ccc(-n4c5ccccc5c5ccccc54)cc2)c1O3. The molecule has 2 aliphatic rings. The second-order valence-electron chi connectivity index (χ2n) is 19.9. The lowest BCUT2D eigenvalue weighted by atomic mass is 9.34. The molecule has 0 saturated heterocycles. The van der Waals surface area contributed by atoms with Gasteiger partial charge in [-0.05, 0) is 119 Å². The molecular formula is C73H51BN2O4. The Morgan fingerprint density at radius 1 is 0.312 bits per heavy atom. The number of hydrogen-bond acceptors (Lipinski definition) is 4. The lowest BCUT2D eigenvalue weighted by Crippen LogP contribution is -2.57. The van der Waals surface area contributed by atoms with Crippen molar-refractivity contribution in [1.82, 2.24) is 9.13 Å². The Kier molecular flexibility index (Phi) is 12.1. The number of aromatic nitrogens is 2. The molecule has 0 aliphatic carbocycles. The van der Waals surface area contributed by atoms with Crippen molar-refractivity contribution in [1.29, 1.82) is 0 Å². The first-order valence-electron chi connectivity index (χ1n) is 26.7. The highest BCUT2D eigenvalue weighted by Gasteiger charge is 2.40. The molecule has 0 saturated carbocycles. The smallest absolute Gasteiger partial charge is 0.260 e. The molecule has 0 fully saturated rings. The van der Waals surface area contributed by atoms with Gasteiger partial charge in [0.05, 0.1) is 22.1 Å². The average molecular weight is 1030 g/mol. The van der Waals surface area contributed by atoms with Crippen molar-refractivity contribution >= 4 is 66.7 Å². The van der Waals surface area contributed by atoms with E-state index in [0.29, 0.717) is 0 Å². The van der Waals surface area contributed by atoms with E-state index in [4.69, 9.17) is 18.9 Å². The van der Waals surface area contributed by atoms with E-state index in [1.54, 1.807) is 0 Å². The largest absolute Gasteiger partial charge is 0.458 e. The van der Waals surface area contributed by atoms with Gasteiger partial charge in [0.2, 0.25) is 0 Å². The number of benzene rings is 12. The molecule has 380 valence electrons. The Morgan fingerprint density at radius 3 is 1.35 bits per heavy atom. The van der Waals surface area contributed by atoms with Crippen LogP contribution in [0, 0.1) is 0 Å². The number of para-hydroxylation sites is 8. The number of fused-ring (bicyclic) bond motifs is 10. The summed E-state index contributed by atoms with van der Waals surface area (Å²) in [6.45, 7) is 0.0664. The summed E-state index contributed by atoms with van der Waals surface area (Å²) < 4.78 is 30.0. The molecule has 2 aromatic heterocycles. The highest BCUT2D eigenvalue weighted by molar-refractivity contribution is 6.98. The Labute approximate surface area is 464 Å². The molecule has 80 heavy (non-hydrogen) atoms. The van der Waals surface area contributed by atoms with Crippen molar-refractivity contribution in [2.45, 2.75) is 7.43 Å². The van der Waals surface area contributed by atoms with E-state index in [9.17, 15) is 0 Å². The minimum Gasteiger partial charge on any atom is -0.458 e. The van der Waals surface area contributed by atoms with Crippen LogP contribution in [0.3, 0.4) is 0 Å². The first kappa shape index (κ1) is 47.9. The summed E-state index contributed by atoms with van der Waals surface area (Å²) in [5.74, 6) is 6.58. The minimum atomic E-state index is 0. The van der Waals surface area contributed by atoms with Gasteiger partial charge in [-0.2, -0.15) is 0 Å². The van der Waals surface area contributed by atoms with Crippen molar-refractivity contribution in [3.05, 3.63) is 285 Å². The first-order valence-corrected chi connectivity index (χ1v) is 26.7. The normalized spacial score (nSPS) is 11.8. The predicted octanol–water partition coefficient (Wildman–Crippen LogP) is 17.8. The molecular weight excluding hydrogens is 980 g/mol. The lowest BCUT2D eigenvalue weighted by molar-refractivity contribution is 0.461. The van der Waals surface area contributed by atoms with Gasteiger partial charge in [0.15, 0.2) is 0 Å². The molecule has 16 rings (SSSR count). The van der Waals surface area contributed by atoms with Crippen LogP contribution < -0.4 is 35.3 Å². The third kappa shape index (κ3) is 8.31. The highest BCUT2D eigenvalue weighted by Crippen LogP contribution is 2.41. The van der Waals surface area contributed by atoms with Crippen molar-refractivity contribution in [2.24, 2.45) is 0 Å². The van der Waals surface area contributed by atoms with Gasteiger partial charge >= 0.3 is 0 Å². The van der Waals surface area contributed by atoms with Crippen LogP contribution in [0.15, 0.2) is 285 Å². The summed E-state index contributed by atoms with van der Waals surface area (Å²) in [5, 5.41) is 5.05. The molecule has 2 aliphatic heterocycles. The molecule has 6 nitrogen and oxygen atoms in total. The zero-order chi connectivity index (χ0) is 52.2. The predicted molar refractivity (Wildman–Crippen MR) is 330 cm³/mol. The maximum Gasteiger partial charge on any atom is 0.260 e. The fourth-order valence-electron chi connectivity index (χ4n) is 11.8. The Morgan fingerprint density at radius 2 is 0.738 bits per heavy atom. The molecule has 0 N–H and O–H groups in total. The Balaban J connectivity index is 0.000000142. The first-order chi connectivity index (χ1) is 39.2. The maximum absolute atomic E-state index is 6.66. The molecule has 7 heteroatoms. The van der Waals surface area contributed by atoms with Crippen LogP contribution in [-0.2, 0) is 0 Å². The topological polar surface area (TPSA) is 46.8 Å². The van der Waals surface area contributed by atoms with Crippen LogP contribution in [0.25, 0.3) is 77.2 Å². The summed E-state index contributed by atoms with van der Waals surface area (Å²) in [6.07, 6.45) is 0. The number of ether oxygens (including phenoxy) is 4. The van der Waals surface area contributed by atoms with Crippen LogP contribution in [0.4, 0.5) is 0 Å². The molecule has 14 aromatic rings. The summed E-state index contributed by atoms with van der Waals surface area (Å²) in [5.41, 5.74) is 14.9. The molecule has 0 spiro atoms. The molecule has 0 atom stereocenters. The number of hydrogen-bond donors (Lipinski definition) is 0. The van der Waals surface area contributed by atoms with Crippen LogP contribution in [-0.4, -0.2) is 15.8 Å². The third-order valence-corrected chi connectivity index (χ3v) is 15.3. The zero-order valence-electron chi connectivity index (χ0n) is 42.7. The van der Waals surface area contributed by atoms with E-state index >= 15 is 0 Å². The summed E-state index contributed by atoms with van der Waals surface area (Å²) >= 11 is 0. The maximum atomic E-state index is 6.66. The second-order valence-corrected chi connectivity index (χ2v) is 19.9. The second kappa shape index (κ2) is 20.1. The van der Waals surface area contributed by atoms with E-state index in [1.807, 2.05) is 97.1 Å². The Bertz CT molecular complexity index is 4510. The van der Waals surface area contributed by atoms with Gasteiger partial charge in [0, 0.05) is 55.6 Å². The molecule has 0 radical (unpaired) electrons. The van der Waals surface area contributed by atoms with E-state index in [1.165, 1.54) is 54.5 Å². The van der Waals surface area contributed by atoms with Gasteiger partial charge in [0.25, 0.3) is 6.71 Å². The standard InChI is InChI=1S/C36H22BNO2.C36H25NO2.CH4/c1-4-14-30-26(9-1)27-10-2-5-15-31(27)38(30)24-21-19-23(20-22-24)25-11-7-13-29-36(25)40-34-18-8-17-33-35(34)37(29)28-12-3-6-16-32(28)39-33;1-2-11-28(12-3-1)38-29-13-10-14-30(25-29)39-36-20-9-6-15-31(36)26-21-23-27(24-22-26)37-34-18-7-4-16-32(34)33-17-5-8-19-35(33)37;/h1-22H;1-25H;1H4. The minimum absolute atomic E-state index is 0. The quantitative estimate of drug-likeness (QED) is 0.142. The molecule has 12 aromatic carbocycles. The van der Waals surface area contributed by atoms with Gasteiger partial charge in [0.1, 0.15) is 46.0 Å². The van der Waals surface area contributed by atoms with Gasteiger partial charge in [-0.3, -0.25) is 0 Å². The van der Waals surface area contributed by atoms with Gasteiger partial charge in [-0.1, -0.05) is 189 Å². The fourth-order valence-corrected chi connectivity index (χ4v) is 11.8. The van der Waals surface area contributed by atoms with Crippen LogP contribution >= 0.6 is 0 Å². The highest BCUT2D eigenvalue weighted by atomic mass is 16.5. The van der Waals surface area contributed by atoms with Crippen molar-refractivity contribution in [2.75, 3.05) is 0 Å². The van der Waals surface area contributed by atoms with Gasteiger partial charge < -0.3 is 28.1 Å². The average Bonchev–Trinajstić information content (AvgIpc) is 4.04. The van der Waals surface area contributed by atoms with E-state index in [0.717, 1.165) is 85.1 Å². The van der Waals surface area contributed by atoms with E-state index in [2.05, 4.69) is 197 Å². The van der Waals surface area contributed by atoms with E-state index in [-0.39, 0.29) is 14.1 Å². The lowest BCUT2D eigenvalue weighted by Gasteiger charge is -2.33. The molecule has 0 unspecified atom stereocenters. The summed E-state index contributed by atoms with van der Waals surface area (Å²) in [7, 11) is 0. The summed E-state index contributed by atoms with van der Waals surface area (Å²) in [4.78, 5) is 0. The molecule has 4 heterocycles. The van der Waals surface area contributed by atoms with Crippen LogP contribution in [0.2, 0.25) is 0 Å². The van der Waals surface area contributed by atoms with E-state index < -0.39 is 0 Å². The Hall–Kier alpha value is -10.5. The van der Waals surface area contributed by atoms with Gasteiger partial charge in [-0.15, -0.1) is 0 Å². The molecule has 0 bridgehead atoms. The molecule has 0 amide bonds. The monoisotopic (exact) mass is 1030 g/mol. The van der Waals surface area contributed by atoms with Crippen LogP contribution in [0.5, 0.6) is 46.0 Å². The van der Waals surface area contributed by atoms with Crippen molar-refractivity contribution < 1.29 is 18.9 Å².